The van der Waals surface area contributed by atoms with Crippen LogP contribution in [0.25, 0.3) is 0 Å². The Labute approximate surface area is 134 Å². The summed E-state index contributed by atoms with van der Waals surface area (Å²) in [5.74, 6) is -0.229. The van der Waals surface area contributed by atoms with Crippen LogP contribution in [0.3, 0.4) is 0 Å². The molecule has 122 valence electrons. The molecule has 1 saturated heterocycles. The van der Waals surface area contributed by atoms with Gasteiger partial charge in [0.1, 0.15) is 5.00 Å². The number of anilines is 1. The number of hydrogen-bond donors (Lipinski definition) is 1. The Kier molecular flexibility index (Phi) is 5.76. The highest BCUT2D eigenvalue weighted by molar-refractivity contribution is 7.16. The van der Waals surface area contributed by atoms with E-state index in [2.05, 4.69) is 10.3 Å². The molecular weight excluding hydrogens is 302 g/mol. The number of rotatable bonds is 4. The largest absolute Gasteiger partial charge is 0.450 e. The molecule has 0 radical (unpaired) electrons. The van der Waals surface area contributed by atoms with Gasteiger partial charge in [-0.1, -0.05) is 6.92 Å². The SMILES string of the molecule is CCOC(=O)N1CCC[C@@H](C(=O)Nc2sc(CC)nc2C)C1. The van der Waals surface area contributed by atoms with Crippen LogP contribution in [-0.2, 0) is 16.0 Å². The normalized spacial score (nSPS) is 18.1. The number of hydrogen-bond acceptors (Lipinski definition) is 5. The fraction of sp³-hybridized carbons (Fsp3) is 0.667. The second-order valence-corrected chi connectivity index (χ2v) is 6.43. The van der Waals surface area contributed by atoms with Gasteiger partial charge in [-0.25, -0.2) is 9.78 Å². The van der Waals surface area contributed by atoms with Crippen molar-refractivity contribution in [2.75, 3.05) is 25.0 Å². The van der Waals surface area contributed by atoms with Crippen LogP contribution in [0.4, 0.5) is 9.80 Å². The molecule has 22 heavy (non-hydrogen) atoms. The van der Waals surface area contributed by atoms with Gasteiger partial charge < -0.3 is 15.0 Å². The second kappa shape index (κ2) is 7.58. The Morgan fingerprint density at radius 2 is 2.23 bits per heavy atom. The Hall–Kier alpha value is -1.63. The molecule has 0 spiro atoms. The van der Waals surface area contributed by atoms with Crippen LogP contribution in [0.15, 0.2) is 0 Å². The minimum absolute atomic E-state index is 0.0385. The van der Waals surface area contributed by atoms with Crippen LogP contribution < -0.4 is 5.32 Å². The molecule has 7 heteroatoms. The Morgan fingerprint density at radius 1 is 1.45 bits per heavy atom. The fourth-order valence-corrected chi connectivity index (χ4v) is 3.41. The Morgan fingerprint density at radius 3 is 2.86 bits per heavy atom. The molecule has 1 aliphatic rings. The van der Waals surface area contributed by atoms with E-state index < -0.39 is 0 Å². The average Bonchev–Trinajstić information content (AvgIpc) is 2.88. The number of piperidine rings is 1. The van der Waals surface area contributed by atoms with Gasteiger partial charge in [0.05, 0.1) is 23.2 Å². The number of likely N-dealkylation sites (tertiary alicyclic amines) is 1. The fourth-order valence-electron chi connectivity index (χ4n) is 2.51. The number of ether oxygens (including phenoxy) is 1. The first-order valence-electron chi connectivity index (χ1n) is 7.74. The van der Waals surface area contributed by atoms with E-state index in [0.717, 1.165) is 35.0 Å². The Bertz CT molecular complexity index is 544. The second-order valence-electron chi connectivity index (χ2n) is 5.35. The number of nitrogens with one attached hydrogen (secondary N) is 1. The van der Waals surface area contributed by atoms with E-state index in [1.54, 1.807) is 11.8 Å². The molecular formula is C15H23N3O3S. The number of aromatic nitrogens is 1. The third kappa shape index (κ3) is 3.97. The summed E-state index contributed by atoms with van der Waals surface area (Å²) in [7, 11) is 0. The highest BCUT2D eigenvalue weighted by atomic mass is 32.1. The maximum absolute atomic E-state index is 12.4. The number of carbonyl (C=O) groups excluding carboxylic acids is 2. The summed E-state index contributed by atoms with van der Waals surface area (Å²) in [5.41, 5.74) is 0.855. The van der Waals surface area contributed by atoms with Gasteiger partial charge in [-0.15, -0.1) is 11.3 Å². The van der Waals surface area contributed by atoms with E-state index in [4.69, 9.17) is 4.74 Å². The predicted molar refractivity (Wildman–Crippen MR) is 86.2 cm³/mol. The van der Waals surface area contributed by atoms with Crippen molar-refractivity contribution >= 4 is 28.3 Å². The standard InChI is InChI=1S/C15H23N3O3S/c1-4-12-16-10(3)14(22-12)17-13(19)11-7-6-8-18(9-11)15(20)21-5-2/h11H,4-9H2,1-3H3,(H,17,19)/t11-/m1/s1. The lowest BCUT2D eigenvalue weighted by Gasteiger charge is -2.31. The zero-order valence-electron chi connectivity index (χ0n) is 13.3. The molecule has 6 nitrogen and oxygen atoms in total. The zero-order valence-corrected chi connectivity index (χ0v) is 14.2. The molecule has 2 amide bonds. The topological polar surface area (TPSA) is 71.5 Å². The summed E-state index contributed by atoms with van der Waals surface area (Å²) < 4.78 is 5.01. The van der Waals surface area contributed by atoms with Crippen LogP contribution in [0.1, 0.15) is 37.4 Å². The van der Waals surface area contributed by atoms with Crippen LogP contribution in [-0.4, -0.2) is 41.6 Å². The number of carbonyl (C=O) groups is 2. The van der Waals surface area contributed by atoms with E-state index in [0.29, 0.717) is 19.7 Å². The molecule has 0 unspecified atom stereocenters. The highest BCUT2D eigenvalue weighted by Crippen LogP contribution is 2.26. The molecule has 0 bridgehead atoms. The summed E-state index contributed by atoms with van der Waals surface area (Å²) >= 11 is 1.52. The van der Waals surface area contributed by atoms with Crippen molar-refractivity contribution in [2.24, 2.45) is 5.92 Å². The molecule has 0 aromatic carbocycles. The van der Waals surface area contributed by atoms with Gasteiger partial charge in [-0.05, 0) is 33.1 Å². The van der Waals surface area contributed by atoms with Gasteiger partial charge in [-0.2, -0.15) is 0 Å². The summed E-state index contributed by atoms with van der Waals surface area (Å²) in [5, 5.41) is 4.80. The van der Waals surface area contributed by atoms with Crippen molar-refractivity contribution in [1.82, 2.24) is 9.88 Å². The highest BCUT2D eigenvalue weighted by Gasteiger charge is 2.29. The Balaban J connectivity index is 1.96. The van der Waals surface area contributed by atoms with Crippen molar-refractivity contribution in [2.45, 2.75) is 40.0 Å². The van der Waals surface area contributed by atoms with Gasteiger partial charge in [0, 0.05) is 13.1 Å². The molecule has 1 aromatic rings. The maximum atomic E-state index is 12.4. The molecule has 1 N–H and O–H groups in total. The first kappa shape index (κ1) is 16.7. The summed E-state index contributed by atoms with van der Waals surface area (Å²) in [6.07, 6.45) is 2.14. The molecule has 0 saturated carbocycles. The van der Waals surface area contributed by atoms with Gasteiger partial charge in [0.15, 0.2) is 0 Å². The van der Waals surface area contributed by atoms with Crippen molar-refractivity contribution in [3.63, 3.8) is 0 Å². The summed E-state index contributed by atoms with van der Waals surface area (Å²) in [4.78, 5) is 30.3. The minimum Gasteiger partial charge on any atom is -0.450 e. The maximum Gasteiger partial charge on any atom is 0.409 e. The lowest BCUT2D eigenvalue weighted by atomic mass is 9.97. The first-order valence-corrected chi connectivity index (χ1v) is 8.55. The third-order valence-corrected chi connectivity index (χ3v) is 4.92. The zero-order chi connectivity index (χ0) is 16.1. The molecule has 1 aromatic heterocycles. The van der Waals surface area contributed by atoms with Gasteiger partial charge in [-0.3, -0.25) is 4.79 Å². The van der Waals surface area contributed by atoms with Gasteiger partial charge >= 0.3 is 6.09 Å². The van der Waals surface area contributed by atoms with Gasteiger partial charge in [0.2, 0.25) is 5.91 Å². The number of thiazole rings is 1. The molecule has 1 atom stereocenters. The van der Waals surface area contributed by atoms with Crippen molar-refractivity contribution in [3.8, 4) is 0 Å². The molecule has 2 rings (SSSR count). The van der Waals surface area contributed by atoms with Crippen LogP contribution in [0.2, 0.25) is 0 Å². The van der Waals surface area contributed by atoms with E-state index in [9.17, 15) is 9.59 Å². The number of amides is 2. The van der Waals surface area contributed by atoms with E-state index in [-0.39, 0.29) is 17.9 Å². The number of nitrogens with zero attached hydrogens (tertiary/aromatic N) is 2. The predicted octanol–water partition coefficient (Wildman–Crippen LogP) is 2.82. The smallest absolute Gasteiger partial charge is 0.409 e. The number of aryl methyl sites for hydroxylation is 2. The lowest BCUT2D eigenvalue weighted by molar-refractivity contribution is -0.121. The quantitative estimate of drug-likeness (QED) is 0.924. The van der Waals surface area contributed by atoms with E-state index in [1.807, 2.05) is 13.8 Å². The third-order valence-electron chi connectivity index (χ3n) is 3.70. The average molecular weight is 325 g/mol. The van der Waals surface area contributed by atoms with Crippen molar-refractivity contribution < 1.29 is 14.3 Å². The molecule has 0 aliphatic carbocycles. The summed E-state index contributed by atoms with van der Waals surface area (Å²) in [6, 6.07) is 0. The molecule has 1 fully saturated rings. The monoisotopic (exact) mass is 325 g/mol. The van der Waals surface area contributed by atoms with Crippen LogP contribution >= 0.6 is 11.3 Å². The molecule has 2 heterocycles. The lowest BCUT2D eigenvalue weighted by Crippen LogP contribution is -2.44. The van der Waals surface area contributed by atoms with Crippen LogP contribution in [0, 0.1) is 12.8 Å². The first-order chi connectivity index (χ1) is 10.5. The minimum atomic E-state index is -0.331. The van der Waals surface area contributed by atoms with Crippen molar-refractivity contribution in [1.29, 1.82) is 0 Å². The van der Waals surface area contributed by atoms with E-state index in [1.165, 1.54) is 11.3 Å². The van der Waals surface area contributed by atoms with Crippen molar-refractivity contribution in [3.05, 3.63) is 10.7 Å². The molecule has 1 aliphatic heterocycles. The van der Waals surface area contributed by atoms with E-state index >= 15 is 0 Å². The van der Waals surface area contributed by atoms with Crippen LogP contribution in [0.5, 0.6) is 0 Å². The van der Waals surface area contributed by atoms with Gasteiger partial charge in [0.25, 0.3) is 0 Å². The summed E-state index contributed by atoms with van der Waals surface area (Å²) in [6.45, 7) is 7.15.